The van der Waals surface area contributed by atoms with Crippen molar-refractivity contribution in [3.63, 3.8) is 0 Å². The van der Waals surface area contributed by atoms with Crippen molar-refractivity contribution in [1.29, 1.82) is 0 Å². The number of benzene rings is 1. The highest BCUT2D eigenvalue weighted by atomic mass is 16.3. The van der Waals surface area contributed by atoms with Crippen molar-refractivity contribution in [3.05, 3.63) is 46.9 Å². The molecule has 0 saturated carbocycles. The first kappa shape index (κ1) is 9.93. The predicted molar refractivity (Wildman–Crippen MR) is 59.7 cm³/mol. The fourth-order valence-electron chi connectivity index (χ4n) is 1.62. The molecule has 0 amide bonds. The van der Waals surface area contributed by atoms with Gasteiger partial charge < -0.3 is 5.11 Å². The average molecular weight is 203 g/mol. The molecule has 0 aliphatic heterocycles. The summed E-state index contributed by atoms with van der Waals surface area (Å²) in [5.74, 6) is 0. The Morgan fingerprint density at radius 3 is 2.53 bits per heavy atom. The van der Waals surface area contributed by atoms with E-state index < -0.39 is 5.72 Å². The summed E-state index contributed by atoms with van der Waals surface area (Å²) in [5, 5.41) is 11.3. The first-order valence-electron chi connectivity index (χ1n) is 4.83. The number of hydrogen-bond donors (Lipinski definition) is 1. The Morgan fingerprint density at radius 1 is 1.20 bits per heavy atom. The summed E-state index contributed by atoms with van der Waals surface area (Å²) in [4.78, 5) is 12.0. The van der Waals surface area contributed by atoms with Crippen LogP contribution in [0.1, 0.15) is 13.8 Å². The van der Waals surface area contributed by atoms with Crippen LogP contribution in [0.5, 0.6) is 0 Å². The second kappa shape index (κ2) is 3.21. The van der Waals surface area contributed by atoms with Gasteiger partial charge in [0.1, 0.15) is 5.72 Å². The Bertz CT molecular complexity index is 549. The highest BCUT2D eigenvalue weighted by molar-refractivity contribution is 5.81. The highest BCUT2D eigenvalue weighted by Gasteiger charge is 2.16. The van der Waals surface area contributed by atoms with Crippen molar-refractivity contribution in [1.82, 2.24) is 4.57 Å². The molecule has 15 heavy (non-hydrogen) atoms. The van der Waals surface area contributed by atoms with E-state index in [9.17, 15) is 9.90 Å². The number of nitrogens with zero attached hydrogens (tertiary/aromatic N) is 1. The summed E-state index contributed by atoms with van der Waals surface area (Å²) in [6.45, 7) is 3.17. The van der Waals surface area contributed by atoms with Gasteiger partial charge in [-0.15, -0.1) is 0 Å². The van der Waals surface area contributed by atoms with E-state index in [0.29, 0.717) is 5.39 Å². The standard InChI is InChI=1S/C12H13NO2/c1-12(2,15)13-8-7-9-5-3-4-6-10(9)11(13)14/h3-8,15H,1-2H3. The fraction of sp³-hybridized carbons (Fsp3) is 0.250. The van der Waals surface area contributed by atoms with E-state index in [-0.39, 0.29) is 5.56 Å². The van der Waals surface area contributed by atoms with Gasteiger partial charge in [-0.1, -0.05) is 18.2 Å². The molecule has 1 aromatic carbocycles. The Balaban J connectivity index is 2.83. The molecule has 0 aliphatic carbocycles. The molecule has 1 N–H and O–H groups in total. The number of hydrogen-bond acceptors (Lipinski definition) is 2. The van der Waals surface area contributed by atoms with Crippen LogP contribution in [0.15, 0.2) is 41.3 Å². The zero-order valence-electron chi connectivity index (χ0n) is 8.77. The minimum atomic E-state index is -1.17. The van der Waals surface area contributed by atoms with Gasteiger partial charge in [0.25, 0.3) is 5.56 Å². The maximum absolute atomic E-state index is 12.0. The van der Waals surface area contributed by atoms with Crippen LogP contribution in [-0.2, 0) is 5.72 Å². The van der Waals surface area contributed by atoms with Crippen molar-refractivity contribution in [2.45, 2.75) is 19.6 Å². The zero-order valence-corrected chi connectivity index (χ0v) is 8.77. The van der Waals surface area contributed by atoms with Crippen LogP contribution in [-0.4, -0.2) is 9.67 Å². The fourth-order valence-corrected chi connectivity index (χ4v) is 1.62. The molecular weight excluding hydrogens is 190 g/mol. The van der Waals surface area contributed by atoms with Crippen LogP contribution >= 0.6 is 0 Å². The number of aliphatic hydroxyl groups is 1. The SMILES string of the molecule is CC(C)(O)n1ccc2ccccc2c1=O. The molecule has 0 aliphatic rings. The molecule has 3 heteroatoms. The maximum Gasteiger partial charge on any atom is 0.260 e. The summed E-state index contributed by atoms with van der Waals surface area (Å²) in [7, 11) is 0. The quantitative estimate of drug-likeness (QED) is 0.766. The van der Waals surface area contributed by atoms with Crippen LogP contribution in [0.3, 0.4) is 0 Å². The molecule has 3 nitrogen and oxygen atoms in total. The monoisotopic (exact) mass is 203 g/mol. The van der Waals surface area contributed by atoms with Crippen molar-refractivity contribution < 1.29 is 5.11 Å². The minimum absolute atomic E-state index is 0.166. The van der Waals surface area contributed by atoms with Crippen LogP contribution in [0.4, 0.5) is 0 Å². The van der Waals surface area contributed by atoms with E-state index in [1.165, 1.54) is 4.57 Å². The smallest absolute Gasteiger partial charge is 0.260 e. The van der Waals surface area contributed by atoms with Crippen LogP contribution in [0, 0.1) is 0 Å². The van der Waals surface area contributed by atoms with Gasteiger partial charge in [-0.3, -0.25) is 9.36 Å². The number of pyridine rings is 1. The van der Waals surface area contributed by atoms with Gasteiger partial charge >= 0.3 is 0 Å². The summed E-state index contributed by atoms with van der Waals surface area (Å²) in [5.41, 5.74) is -1.33. The normalized spacial score (nSPS) is 11.9. The molecule has 0 unspecified atom stereocenters. The third kappa shape index (κ3) is 1.66. The van der Waals surface area contributed by atoms with Gasteiger partial charge in [-0.2, -0.15) is 0 Å². The molecule has 2 aromatic rings. The Hall–Kier alpha value is -1.61. The first-order valence-corrected chi connectivity index (χ1v) is 4.83. The average Bonchev–Trinajstić information content (AvgIpc) is 2.16. The van der Waals surface area contributed by atoms with E-state index in [1.54, 1.807) is 26.1 Å². The van der Waals surface area contributed by atoms with Crippen LogP contribution in [0.2, 0.25) is 0 Å². The van der Waals surface area contributed by atoms with Crippen molar-refractivity contribution in [2.75, 3.05) is 0 Å². The van der Waals surface area contributed by atoms with Gasteiger partial charge in [-0.05, 0) is 31.4 Å². The minimum Gasteiger partial charge on any atom is -0.371 e. The molecule has 1 heterocycles. The van der Waals surface area contributed by atoms with Crippen molar-refractivity contribution in [2.24, 2.45) is 0 Å². The van der Waals surface area contributed by atoms with E-state index in [0.717, 1.165) is 5.39 Å². The van der Waals surface area contributed by atoms with Gasteiger partial charge in [0.05, 0.1) is 0 Å². The molecule has 0 radical (unpaired) electrons. The van der Waals surface area contributed by atoms with E-state index in [1.807, 2.05) is 24.3 Å². The Kier molecular flexibility index (Phi) is 2.12. The first-order chi connectivity index (χ1) is 7.00. The molecular formula is C12H13NO2. The lowest BCUT2D eigenvalue weighted by molar-refractivity contribution is -0.00120. The van der Waals surface area contributed by atoms with Crippen molar-refractivity contribution >= 4 is 10.8 Å². The number of rotatable bonds is 1. The van der Waals surface area contributed by atoms with Crippen molar-refractivity contribution in [3.8, 4) is 0 Å². The van der Waals surface area contributed by atoms with E-state index in [4.69, 9.17) is 0 Å². The van der Waals surface area contributed by atoms with Gasteiger partial charge in [-0.25, -0.2) is 0 Å². The summed E-state index contributed by atoms with van der Waals surface area (Å²) in [6.07, 6.45) is 1.62. The van der Waals surface area contributed by atoms with Crippen LogP contribution < -0.4 is 5.56 Å². The molecule has 0 saturated heterocycles. The third-order valence-corrected chi connectivity index (χ3v) is 2.40. The third-order valence-electron chi connectivity index (χ3n) is 2.40. The topological polar surface area (TPSA) is 42.2 Å². The summed E-state index contributed by atoms with van der Waals surface area (Å²) < 4.78 is 1.33. The molecule has 0 bridgehead atoms. The Labute approximate surface area is 87.6 Å². The highest BCUT2D eigenvalue weighted by Crippen LogP contribution is 2.12. The predicted octanol–water partition coefficient (Wildman–Crippen LogP) is 1.69. The number of fused-ring (bicyclic) bond motifs is 1. The van der Waals surface area contributed by atoms with Crippen LogP contribution in [0.25, 0.3) is 10.8 Å². The molecule has 2 rings (SSSR count). The van der Waals surface area contributed by atoms with E-state index >= 15 is 0 Å². The molecule has 78 valence electrons. The summed E-state index contributed by atoms with van der Waals surface area (Å²) >= 11 is 0. The lowest BCUT2D eigenvalue weighted by atomic mass is 10.1. The largest absolute Gasteiger partial charge is 0.371 e. The second-order valence-electron chi connectivity index (χ2n) is 4.07. The maximum atomic E-state index is 12.0. The molecule has 0 spiro atoms. The zero-order chi connectivity index (χ0) is 11.1. The molecule has 1 aromatic heterocycles. The number of aromatic nitrogens is 1. The van der Waals surface area contributed by atoms with Gasteiger partial charge in [0.2, 0.25) is 0 Å². The van der Waals surface area contributed by atoms with E-state index in [2.05, 4.69) is 0 Å². The lowest BCUT2D eigenvalue weighted by Crippen LogP contribution is -2.35. The van der Waals surface area contributed by atoms with Gasteiger partial charge in [0, 0.05) is 11.6 Å². The van der Waals surface area contributed by atoms with Gasteiger partial charge in [0.15, 0.2) is 0 Å². The molecule has 0 fully saturated rings. The Morgan fingerprint density at radius 2 is 1.87 bits per heavy atom. The molecule has 0 atom stereocenters. The lowest BCUT2D eigenvalue weighted by Gasteiger charge is -2.21. The summed E-state index contributed by atoms with van der Waals surface area (Å²) in [6, 6.07) is 9.18. The second-order valence-corrected chi connectivity index (χ2v) is 4.07.